The van der Waals surface area contributed by atoms with Gasteiger partial charge < -0.3 is 10.1 Å². The molecule has 0 aromatic heterocycles. The highest BCUT2D eigenvalue weighted by Crippen LogP contribution is 2.29. The number of nitrogens with zero attached hydrogens (tertiary/aromatic N) is 2. The van der Waals surface area contributed by atoms with Gasteiger partial charge in [0, 0.05) is 23.1 Å². The van der Waals surface area contributed by atoms with Gasteiger partial charge in [0.15, 0.2) is 0 Å². The second kappa shape index (κ2) is 12.7. The van der Waals surface area contributed by atoms with Gasteiger partial charge in [-0.2, -0.15) is 4.31 Å². The average molecular weight is 593 g/mol. The highest BCUT2D eigenvalue weighted by Gasteiger charge is 2.32. The molecule has 37 heavy (non-hydrogen) atoms. The second-order valence-corrected chi connectivity index (χ2v) is 13.4. The number of amides is 1. The molecule has 0 spiro atoms. The Kier molecular flexibility index (Phi) is 10.1. The molecule has 1 atom stereocenters. The largest absolute Gasteiger partial charge is 0.492 e. The summed E-state index contributed by atoms with van der Waals surface area (Å²) in [7, 11) is -7.36. The number of piperidine rings is 1. The van der Waals surface area contributed by atoms with Gasteiger partial charge >= 0.3 is 0 Å². The third-order valence-electron chi connectivity index (χ3n) is 5.88. The first-order valence-corrected chi connectivity index (χ1v) is 15.9. The fourth-order valence-electron chi connectivity index (χ4n) is 4.15. The fourth-order valence-corrected chi connectivity index (χ4v) is 7.38. The third kappa shape index (κ3) is 7.73. The number of benzene rings is 2. The molecule has 1 fully saturated rings. The van der Waals surface area contributed by atoms with Crippen LogP contribution in [-0.4, -0.2) is 65.6 Å². The maximum Gasteiger partial charge on any atom is 0.244 e. The van der Waals surface area contributed by atoms with Crippen molar-refractivity contribution in [3.05, 3.63) is 52.5 Å². The van der Waals surface area contributed by atoms with Gasteiger partial charge in [0.2, 0.25) is 26.0 Å². The zero-order chi connectivity index (χ0) is 27.2. The molecule has 2 aromatic carbocycles. The van der Waals surface area contributed by atoms with E-state index in [1.165, 1.54) is 34.6 Å². The standard InChI is InChI=1S/C24H31Cl2N3O6S2/c1-3-23(29(36(2,31)32)20-16-18(25)15-19(26)17-20)24(30)27-11-14-35-21-7-9-22(10-8-21)37(33,34)28-12-5-4-6-13-28/h7-10,15-17,23H,3-6,11-14H2,1-2H3,(H,27,30)/t23-/m1/s1. The first-order valence-electron chi connectivity index (χ1n) is 11.9. The summed E-state index contributed by atoms with van der Waals surface area (Å²) in [5.41, 5.74) is 0.192. The summed E-state index contributed by atoms with van der Waals surface area (Å²) >= 11 is 12.1. The van der Waals surface area contributed by atoms with E-state index in [-0.39, 0.29) is 40.2 Å². The summed E-state index contributed by atoms with van der Waals surface area (Å²) < 4.78 is 58.8. The van der Waals surface area contributed by atoms with Crippen LogP contribution in [0.2, 0.25) is 10.0 Å². The highest BCUT2D eigenvalue weighted by molar-refractivity contribution is 7.92. The minimum absolute atomic E-state index is 0.0995. The number of anilines is 1. The normalized spacial score (nSPS) is 15.7. The number of carbonyl (C=O) groups excluding carboxylic acids is 1. The lowest BCUT2D eigenvalue weighted by Gasteiger charge is -2.30. The summed E-state index contributed by atoms with van der Waals surface area (Å²) in [5, 5.41) is 3.19. The van der Waals surface area contributed by atoms with Gasteiger partial charge in [0.25, 0.3) is 0 Å². The van der Waals surface area contributed by atoms with Crippen LogP contribution in [0.15, 0.2) is 47.4 Å². The monoisotopic (exact) mass is 591 g/mol. The van der Waals surface area contributed by atoms with E-state index in [0.717, 1.165) is 29.8 Å². The van der Waals surface area contributed by atoms with Crippen LogP contribution >= 0.6 is 23.2 Å². The molecule has 1 amide bonds. The van der Waals surface area contributed by atoms with Crippen molar-refractivity contribution in [2.45, 2.75) is 43.5 Å². The van der Waals surface area contributed by atoms with E-state index < -0.39 is 32.0 Å². The highest BCUT2D eigenvalue weighted by atomic mass is 35.5. The van der Waals surface area contributed by atoms with Crippen LogP contribution in [-0.2, 0) is 24.8 Å². The molecule has 0 bridgehead atoms. The predicted octanol–water partition coefficient (Wildman–Crippen LogP) is 3.91. The van der Waals surface area contributed by atoms with Crippen molar-refractivity contribution in [2.75, 3.05) is 36.8 Å². The molecule has 0 unspecified atom stereocenters. The lowest BCUT2D eigenvalue weighted by Crippen LogP contribution is -2.50. The topological polar surface area (TPSA) is 113 Å². The van der Waals surface area contributed by atoms with Gasteiger partial charge in [-0.25, -0.2) is 16.8 Å². The van der Waals surface area contributed by atoms with Crippen molar-refractivity contribution < 1.29 is 26.4 Å². The number of carbonyl (C=O) groups is 1. The Hall–Kier alpha value is -2.05. The van der Waals surface area contributed by atoms with Gasteiger partial charge in [-0.15, -0.1) is 0 Å². The zero-order valence-electron chi connectivity index (χ0n) is 20.7. The minimum atomic E-state index is -3.83. The van der Waals surface area contributed by atoms with Crippen LogP contribution in [0.25, 0.3) is 0 Å². The number of sulfonamides is 2. The fraction of sp³-hybridized carbons (Fsp3) is 0.458. The molecule has 1 aliphatic heterocycles. The van der Waals surface area contributed by atoms with Crippen molar-refractivity contribution in [1.82, 2.24) is 9.62 Å². The minimum Gasteiger partial charge on any atom is -0.492 e. The van der Waals surface area contributed by atoms with E-state index >= 15 is 0 Å². The number of hydrogen-bond acceptors (Lipinski definition) is 6. The summed E-state index contributed by atoms with van der Waals surface area (Å²) in [6.45, 7) is 2.96. The van der Waals surface area contributed by atoms with E-state index in [1.807, 2.05) is 0 Å². The maximum atomic E-state index is 12.9. The molecular formula is C24H31Cl2N3O6S2. The SMILES string of the molecule is CC[C@H](C(=O)NCCOc1ccc(S(=O)(=O)N2CCCCC2)cc1)N(c1cc(Cl)cc(Cl)c1)S(C)(=O)=O. The number of ether oxygens (including phenoxy) is 1. The Morgan fingerprint density at radius 2 is 1.62 bits per heavy atom. The molecule has 0 aliphatic carbocycles. The Morgan fingerprint density at radius 1 is 1.03 bits per heavy atom. The quantitative estimate of drug-likeness (QED) is 0.396. The van der Waals surface area contributed by atoms with E-state index in [2.05, 4.69) is 5.32 Å². The van der Waals surface area contributed by atoms with Gasteiger partial charge in [0.1, 0.15) is 18.4 Å². The summed E-state index contributed by atoms with van der Waals surface area (Å²) in [4.78, 5) is 13.1. The first-order chi connectivity index (χ1) is 17.4. The van der Waals surface area contributed by atoms with Crippen molar-refractivity contribution in [1.29, 1.82) is 0 Å². The number of hydrogen-bond donors (Lipinski definition) is 1. The lowest BCUT2D eigenvalue weighted by molar-refractivity contribution is -0.122. The Bertz CT molecular complexity index is 1280. The molecule has 1 heterocycles. The molecule has 13 heteroatoms. The van der Waals surface area contributed by atoms with E-state index in [0.29, 0.717) is 18.8 Å². The van der Waals surface area contributed by atoms with E-state index in [4.69, 9.17) is 27.9 Å². The van der Waals surface area contributed by atoms with Gasteiger partial charge in [0.05, 0.1) is 23.4 Å². The predicted molar refractivity (Wildman–Crippen MR) is 145 cm³/mol. The maximum absolute atomic E-state index is 12.9. The molecule has 9 nitrogen and oxygen atoms in total. The average Bonchev–Trinajstić information content (AvgIpc) is 2.84. The van der Waals surface area contributed by atoms with Crippen LogP contribution in [0.3, 0.4) is 0 Å². The summed E-state index contributed by atoms with van der Waals surface area (Å²) in [5.74, 6) is -0.0548. The van der Waals surface area contributed by atoms with Crippen molar-refractivity contribution in [3.63, 3.8) is 0 Å². The van der Waals surface area contributed by atoms with Crippen LogP contribution in [0.5, 0.6) is 5.75 Å². The molecule has 1 saturated heterocycles. The number of nitrogens with one attached hydrogen (secondary N) is 1. The van der Waals surface area contributed by atoms with Crippen molar-refractivity contribution >= 4 is 54.8 Å². The molecule has 0 saturated carbocycles. The van der Waals surface area contributed by atoms with E-state index in [1.54, 1.807) is 19.1 Å². The summed E-state index contributed by atoms with van der Waals surface area (Å²) in [6, 6.07) is 9.47. The van der Waals surface area contributed by atoms with Crippen LogP contribution in [0, 0.1) is 0 Å². The van der Waals surface area contributed by atoms with Crippen molar-refractivity contribution in [3.8, 4) is 5.75 Å². The number of halogens is 2. The van der Waals surface area contributed by atoms with Crippen LogP contribution < -0.4 is 14.4 Å². The van der Waals surface area contributed by atoms with Gasteiger partial charge in [-0.1, -0.05) is 36.5 Å². The molecule has 0 radical (unpaired) electrons. The van der Waals surface area contributed by atoms with Gasteiger partial charge in [-0.05, 0) is 61.7 Å². The lowest BCUT2D eigenvalue weighted by atomic mass is 10.2. The van der Waals surface area contributed by atoms with Gasteiger partial charge in [-0.3, -0.25) is 9.10 Å². The summed E-state index contributed by atoms with van der Waals surface area (Å²) in [6.07, 6.45) is 3.97. The first kappa shape index (κ1) is 29.5. The Morgan fingerprint density at radius 3 is 2.16 bits per heavy atom. The molecule has 3 rings (SSSR count). The van der Waals surface area contributed by atoms with Crippen molar-refractivity contribution in [2.24, 2.45) is 0 Å². The molecule has 1 N–H and O–H groups in total. The second-order valence-electron chi connectivity index (χ2n) is 8.69. The molecular weight excluding hydrogens is 561 g/mol. The molecule has 204 valence electrons. The molecule has 2 aromatic rings. The number of rotatable bonds is 11. The van der Waals surface area contributed by atoms with E-state index in [9.17, 15) is 21.6 Å². The van der Waals surface area contributed by atoms with Crippen LogP contribution in [0.1, 0.15) is 32.6 Å². The molecule has 1 aliphatic rings. The zero-order valence-corrected chi connectivity index (χ0v) is 23.8. The Labute approximate surface area is 228 Å². The smallest absolute Gasteiger partial charge is 0.244 e. The Balaban J connectivity index is 1.59. The van der Waals surface area contributed by atoms with Crippen LogP contribution in [0.4, 0.5) is 5.69 Å². The third-order valence-corrected chi connectivity index (χ3v) is 9.41.